The van der Waals surface area contributed by atoms with Crippen molar-refractivity contribution in [3.8, 4) is 6.01 Å². The van der Waals surface area contributed by atoms with Crippen molar-refractivity contribution in [1.82, 2.24) is 19.9 Å². The van der Waals surface area contributed by atoms with Crippen molar-refractivity contribution < 1.29 is 4.74 Å². The van der Waals surface area contributed by atoms with Crippen molar-refractivity contribution >= 4 is 11.9 Å². The Balaban J connectivity index is 2.07. The molecule has 0 aromatic carbocycles. The van der Waals surface area contributed by atoms with Crippen molar-refractivity contribution in [2.75, 3.05) is 51.0 Å². The topological polar surface area (TPSA) is 66.4 Å². The quantitative estimate of drug-likeness (QED) is 0.846. The molecule has 1 saturated heterocycles. The second-order valence-electron chi connectivity index (χ2n) is 5.68. The zero-order chi connectivity index (χ0) is 15.2. The van der Waals surface area contributed by atoms with Gasteiger partial charge in [0, 0.05) is 33.7 Å². The molecule has 0 spiro atoms. The van der Waals surface area contributed by atoms with Gasteiger partial charge in [0.05, 0.1) is 0 Å². The van der Waals surface area contributed by atoms with Crippen LogP contribution in [0.1, 0.15) is 26.2 Å². The second kappa shape index (κ2) is 7.40. The van der Waals surface area contributed by atoms with Crippen LogP contribution in [-0.4, -0.2) is 66.7 Å². The average Bonchev–Trinajstić information content (AvgIpc) is 2.47. The van der Waals surface area contributed by atoms with E-state index in [1.807, 2.05) is 19.0 Å². The Morgan fingerprint density at radius 1 is 1.24 bits per heavy atom. The largest absolute Gasteiger partial charge is 0.460 e. The molecule has 21 heavy (non-hydrogen) atoms. The number of aromatic nitrogens is 3. The first-order valence-electron chi connectivity index (χ1n) is 7.61. The molecular formula is C14H26N6O. The highest BCUT2D eigenvalue weighted by atomic mass is 16.5. The number of nitrogens with zero attached hydrogens (tertiary/aromatic N) is 5. The summed E-state index contributed by atoms with van der Waals surface area (Å²) in [7, 11) is 5.96. The molecular weight excluding hydrogens is 268 g/mol. The Bertz CT molecular complexity index is 445. The van der Waals surface area contributed by atoms with Gasteiger partial charge in [0.25, 0.3) is 0 Å². The van der Waals surface area contributed by atoms with Crippen LogP contribution in [0.15, 0.2) is 0 Å². The monoisotopic (exact) mass is 294 g/mol. The molecule has 2 rings (SSSR count). The van der Waals surface area contributed by atoms with E-state index in [1.54, 1.807) is 0 Å². The fourth-order valence-electron chi connectivity index (χ4n) is 2.17. The zero-order valence-electron chi connectivity index (χ0n) is 13.5. The molecule has 1 N–H and O–H groups in total. The fraction of sp³-hybridized carbons (Fsp3) is 0.786. The number of rotatable bonds is 6. The van der Waals surface area contributed by atoms with Crippen LogP contribution in [-0.2, 0) is 0 Å². The normalized spacial score (nSPS) is 16.8. The maximum Gasteiger partial charge on any atom is 0.323 e. The highest BCUT2D eigenvalue weighted by Gasteiger charge is 2.20. The molecule has 1 aromatic rings. The van der Waals surface area contributed by atoms with E-state index in [9.17, 15) is 0 Å². The molecule has 1 fully saturated rings. The van der Waals surface area contributed by atoms with E-state index in [2.05, 4.69) is 39.1 Å². The van der Waals surface area contributed by atoms with E-state index in [0.717, 1.165) is 38.9 Å². The molecule has 0 saturated carbocycles. The zero-order valence-corrected chi connectivity index (χ0v) is 13.5. The van der Waals surface area contributed by atoms with Crippen molar-refractivity contribution in [2.45, 2.75) is 32.3 Å². The van der Waals surface area contributed by atoms with Crippen molar-refractivity contribution in [3.05, 3.63) is 0 Å². The third-order valence-electron chi connectivity index (χ3n) is 3.47. The number of hydrogen-bond donors (Lipinski definition) is 1. The fourth-order valence-corrected chi connectivity index (χ4v) is 2.17. The van der Waals surface area contributed by atoms with Gasteiger partial charge in [-0.3, -0.25) is 0 Å². The van der Waals surface area contributed by atoms with Crippen LogP contribution in [0.4, 0.5) is 11.9 Å². The average molecular weight is 294 g/mol. The van der Waals surface area contributed by atoms with E-state index < -0.39 is 0 Å². The van der Waals surface area contributed by atoms with Crippen LogP contribution < -0.4 is 15.0 Å². The summed E-state index contributed by atoms with van der Waals surface area (Å²) < 4.78 is 5.96. The lowest BCUT2D eigenvalue weighted by molar-refractivity contribution is 0.105. The van der Waals surface area contributed by atoms with Gasteiger partial charge in [0.1, 0.15) is 6.10 Å². The van der Waals surface area contributed by atoms with Gasteiger partial charge < -0.3 is 19.9 Å². The molecule has 0 bridgehead atoms. The highest BCUT2D eigenvalue weighted by molar-refractivity contribution is 5.36. The smallest absolute Gasteiger partial charge is 0.323 e. The predicted octanol–water partition coefficient (Wildman–Crippen LogP) is 1.23. The lowest BCUT2D eigenvalue weighted by Crippen LogP contribution is -2.36. The Kier molecular flexibility index (Phi) is 5.55. The first kappa shape index (κ1) is 15.8. The van der Waals surface area contributed by atoms with E-state index in [0.29, 0.717) is 17.9 Å². The Morgan fingerprint density at radius 2 is 1.95 bits per heavy atom. The number of piperidine rings is 1. The molecule has 1 aliphatic heterocycles. The van der Waals surface area contributed by atoms with Gasteiger partial charge in [-0.2, -0.15) is 15.0 Å². The lowest BCUT2D eigenvalue weighted by atomic mass is 10.1. The SMILES string of the molecule is CCCNc1nc(OC2CCN(C)CC2)nc(N(C)C)n1. The number of anilines is 2. The maximum absolute atomic E-state index is 5.96. The summed E-state index contributed by atoms with van der Waals surface area (Å²) in [6.45, 7) is 5.05. The van der Waals surface area contributed by atoms with Crippen LogP contribution >= 0.6 is 0 Å². The Hall–Kier alpha value is -1.63. The van der Waals surface area contributed by atoms with Crippen molar-refractivity contribution in [3.63, 3.8) is 0 Å². The predicted molar refractivity (Wildman–Crippen MR) is 84.1 cm³/mol. The van der Waals surface area contributed by atoms with E-state index in [4.69, 9.17) is 4.74 Å². The molecule has 2 heterocycles. The number of nitrogens with one attached hydrogen (secondary N) is 1. The maximum atomic E-state index is 5.96. The van der Waals surface area contributed by atoms with Crippen LogP contribution in [0.3, 0.4) is 0 Å². The van der Waals surface area contributed by atoms with Crippen LogP contribution in [0.25, 0.3) is 0 Å². The lowest BCUT2D eigenvalue weighted by Gasteiger charge is -2.28. The molecule has 0 radical (unpaired) electrons. The molecule has 7 nitrogen and oxygen atoms in total. The van der Waals surface area contributed by atoms with Crippen molar-refractivity contribution in [1.29, 1.82) is 0 Å². The van der Waals surface area contributed by atoms with Gasteiger partial charge in [0.2, 0.25) is 11.9 Å². The van der Waals surface area contributed by atoms with Gasteiger partial charge in [-0.1, -0.05) is 6.92 Å². The van der Waals surface area contributed by atoms with Gasteiger partial charge >= 0.3 is 6.01 Å². The van der Waals surface area contributed by atoms with Gasteiger partial charge in [0.15, 0.2) is 0 Å². The Morgan fingerprint density at radius 3 is 2.57 bits per heavy atom. The Labute approximate surface area is 126 Å². The minimum atomic E-state index is 0.192. The molecule has 1 aliphatic rings. The minimum absolute atomic E-state index is 0.192. The first-order valence-corrected chi connectivity index (χ1v) is 7.61. The molecule has 1 aromatic heterocycles. The van der Waals surface area contributed by atoms with Crippen LogP contribution in [0, 0.1) is 0 Å². The van der Waals surface area contributed by atoms with Crippen molar-refractivity contribution in [2.24, 2.45) is 0 Å². The second-order valence-corrected chi connectivity index (χ2v) is 5.68. The van der Waals surface area contributed by atoms with Gasteiger partial charge in [-0.15, -0.1) is 0 Å². The van der Waals surface area contributed by atoms with E-state index in [-0.39, 0.29) is 6.10 Å². The summed E-state index contributed by atoms with van der Waals surface area (Å²) in [5, 5.41) is 3.20. The molecule has 0 aliphatic carbocycles. The van der Waals surface area contributed by atoms with E-state index >= 15 is 0 Å². The van der Waals surface area contributed by atoms with Gasteiger partial charge in [-0.05, 0) is 26.3 Å². The standard InChI is InChI=1S/C14H26N6O/c1-5-8-15-12-16-13(19(2)3)18-14(17-12)21-11-6-9-20(4)10-7-11/h11H,5-10H2,1-4H3,(H,15,16,17,18). The summed E-state index contributed by atoms with van der Waals surface area (Å²) in [5.74, 6) is 1.20. The molecule has 0 amide bonds. The third-order valence-corrected chi connectivity index (χ3v) is 3.47. The number of likely N-dealkylation sites (tertiary alicyclic amines) is 1. The summed E-state index contributed by atoms with van der Waals surface area (Å²) in [6, 6.07) is 0.418. The molecule has 118 valence electrons. The number of ether oxygens (including phenoxy) is 1. The van der Waals surface area contributed by atoms with E-state index in [1.165, 1.54) is 0 Å². The summed E-state index contributed by atoms with van der Waals surface area (Å²) >= 11 is 0. The minimum Gasteiger partial charge on any atom is -0.460 e. The number of hydrogen-bond acceptors (Lipinski definition) is 7. The third kappa shape index (κ3) is 4.70. The molecule has 7 heteroatoms. The first-order chi connectivity index (χ1) is 10.1. The summed E-state index contributed by atoms with van der Waals surface area (Å²) in [4.78, 5) is 17.3. The highest BCUT2D eigenvalue weighted by Crippen LogP contribution is 2.18. The molecule has 0 unspecified atom stereocenters. The summed E-state index contributed by atoms with van der Waals surface area (Å²) in [5.41, 5.74) is 0. The summed E-state index contributed by atoms with van der Waals surface area (Å²) in [6.07, 6.45) is 3.24. The van der Waals surface area contributed by atoms with Crippen LogP contribution in [0.2, 0.25) is 0 Å². The van der Waals surface area contributed by atoms with Crippen LogP contribution in [0.5, 0.6) is 6.01 Å². The molecule has 0 atom stereocenters. The van der Waals surface area contributed by atoms with Gasteiger partial charge in [-0.25, -0.2) is 0 Å².